The second-order valence-electron chi connectivity index (χ2n) is 7.47. The lowest BCUT2D eigenvalue weighted by molar-refractivity contribution is -0.138. The highest BCUT2D eigenvalue weighted by Crippen LogP contribution is 2.17. The number of hydrogen-bond donors (Lipinski definition) is 1. The summed E-state index contributed by atoms with van der Waals surface area (Å²) in [5.74, 6) is 0.361. The average molecular weight is 417 g/mol. The number of amides is 2. The zero-order valence-corrected chi connectivity index (χ0v) is 18.3. The van der Waals surface area contributed by atoms with Crippen molar-refractivity contribution in [1.29, 1.82) is 0 Å². The molecule has 0 saturated carbocycles. The largest absolute Gasteiger partial charge is 0.352 e. The van der Waals surface area contributed by atoms with Crippen molar-refractivity contribution in [3.63, 3.8) is 0 Å². The molecule has 156 valence electrons. The minimum Gasteiger partial charge on any atom is -0.352 e. The van der Waals surface area contributed by atoms with Crippen molar-refractivity contribution in [3.05, 3.63) is 71.0 Å². The molecule has 2 aromatic carbocycles. The fourth-order valence-corrected chi connectivity index (χ4v) is 3.67. The highest BCUT2D eigenvalue weighted by atomic mass is 32.2. The van der Waals surface area contributed by atoms with Crippen molar-refractivity contribution in [1.82, 2.24) is 10.2 Å². The topological polar surface area (TPSA) is 49.4 Å². The minimum absolute atomic E-state index is 0.0105. The van der Waals surface area contributed by atoms with Crippen molar-refractivity contribution in [2.45, 2.75) is 52.1 Å². The zero-order chi connectivity index (χ0) is 21.4. The summed E-state index contributed by atoms with van der Waals surface area (Å²) in [4.78, 5) is 27.0. The van der Waals surface area contributed by atoms with E-state index in [9.17, 15) is 14.0 Å². The number of hydrogen-bond acceptors (Lipinski definition) is 3. The van der Waals surface area contributed by atoms with Gasteiger partial charge in [-0.05, 0) is 51.0 Å². The first-order valence-electron chi connectivity index (χ1n) is 9.74. The molecule has 0 bridgehead atoms. The van der Waals surface area contributed by atoms with Crippen molar-refractivity contribution < 1.29 is 14.0 Å². The summed E-state index contributed by atoms with van der Waals surface area (Å²) in [6.07, 6.45) is 0. The molecule has 1 N–H and O–H groups in total. The summed E-state index contributed by atoms with van der Waals surface area (Å²) in [5.41, 5.74) is 3.14. The Kier molecular flexibility index (Phi) is 8.70. The Bertz CT molecular complexity index is 807. The fraction of sp³-hybridized carbons (Fsp3) is 0.391. The smallest absolute Gasteiger partial charge is 0.242 e. The lowest BCUT2D eigenvalue weighted by Gasteiger charge is -2.29. The van der Waals surface area contributed by atoms with Gasteiger partial charge in [-0.3, -0.25) is 9.59 Å². The second kappa shape index (κ2) is 11.0. The third-order valence-corrected chi connectivity index (χ3v) is 5.47. The molecule has 0 aliphatic carbocycles. The monoisotopic (exact) mass is 416 g/mol. The molecule has 0 aromatic heterocycles. The summed E-state index contributed by atoms with van der Waals surface area (Å²) in [6, 6.07) is 13.6. The molecule has 2 rings (SSSR count). The first-order chi connectivity index (χ1) is 13.8. The molecule has 0 fully saturated rings. The molecular weight excluding hydrogens is 387 g/mol. The second-order valence-corrected chi connectivity index (χ2v) is 8.45. The molecule has 29 heavy (non-hydrogen) atoms. The summed E-state index contributed by atoms with van der Waals surface area (Å²) in [5, 5.41) is 2.86. The van der Waals surface area contributed by atoms with E-state index in [-0.39, 0.29) is 36.0 Å². The summed E-state index contributed by atoms with van der Waals surface area (Å²) < 4.78 is 13.2. The Morgan fingerprint density at radius 1 is 1.00 bits per heavy atom. The van der Waals surface area contributed by atoms with Crippen LogP contribution < -0.4 is 5.32 Å². The van der Waals surface area contributed by atoms with Gasteiger partial charge in [0.15, 0.2) is 0 Å². The molecule has 0 heterocycles. The third kappa shape index (κ3) is 7.54. The lowest BCUT2D eigenvalue weighted by atomic mass is 10.1. The first-order valence-corrected chi connectivity index (χ1v) is 10.9. The first kappa shape index (κ1) is 22.9. The zero-order valence-electron chi connectivity index (χ0n) is 17.4. The van der Waals surface area contributed by atoms with Crippen LogP contribution in [0.15, 0.2) is 48.5 Å². The highest BCUT2D eigenvalue weighted by molar-refractivity contribution is 7.99. The molecule has 0 saturated heterocycles. The summed E-state index contributed by atoms with van der Waals surface area (Å²) >= 11 is 1.52. The molecule has 1 atom stereocenters. The van der Waals surface area contributed by atoms with Crippen LogP contribution in [0.2, 0.25) is 0 Å². The predicted octanol–water partition coefficient (Wildman–Crippen LogP) is 4.31. The van der Waals surface area contributed by atoms with E-state index in [0.29, 0.717) is 0 Å². The molecule has 0 spiro atoms. The normalized spacial score (nSPS) is 11.9. The SMILES string of the molecule is Cc1ccc(CSCC(=O)N(Cc2ccc(F)cc2)[C@@H](C)C(=O)NC(C)C)cc1. The molecule has 0 aliphatic heterocycles. The molecule has 0 radical (unpaired) electrons. The Balaban J connectivity index is 2.05. The van der Waals surface area contributed by atoms with Crippen molar-refractivity contribution in [2.75, 3.05) is 5.75 Å². The number of carbonyl (C=O) groups excluding carboxylic acids is 2. The van der Waals surface area contributed by atoms with Crippen LogP contribution in [0.4, 0.5) is 4.39 Å². The van der Waals surface area contributed by atoms with E-state index >= 15 is 0 Å². The van der Waals surface area contributed by atoms with Gasteiger partial charge in [0, 0.05) is 18.3 Å². The molecule has 2 amide bonds. The van der Waals surface area contributed by atoms with E-state index in [1.54, 1.807) is 24.0 Å². The van der Waals surface area contributed by atoms with Crippen molar-refractivity contribution >= 4 is 23.6 Å². The molecule has 6 heteroatoms. The Morgan fingerprint density at radius 3 is 2.17 bits per heavy atom. The van der Waals surface area contributed by atoms with Gasteiger partial charge in [0.25, 0.3) is 0 Å². The Morgan fingerprint density at radius 2 is 1.59 bits per heavy atom. The summed E-state index contributed by atoms with van der Waals surface area (Å²) in [7, 11) is 0. The summed E-state index contributed by atoms with van der Waals surface area (Å²) in [6.45, 7) is 7.79. The van der Waals surface area contributed by atoms with E-state index in [0.717, 1.165) is 16.9 Å². The van der Waals surface area contributed by atoms with Gasteiger partial charge in [0.05, 0.1) is 5.75 Å². The van der Waals surface area contributed by atoms with Crippen LogP contribution >= 0.6 is 11.8 Å². The standard InChI is InChI=1S/C23H29FN2O2S/c1-16(2)25-23(28)18(4)26(13-19-9-11-21(24)12-10-19)22(27)15-29-14-20-7-5-17(3)6-8-20/h5-12,16,18H,13-15H2,1-4H3,(H,25,28)/t18-/m0/s1. The molecule has 0 aliphatic rings. The van der Waals surface area contributed by atoms with Crippen molar-refractivity contribution in [3.8, 4) is 0 Å². The quantitative estimate of drug-likeness (QED) is 0.663. The lowest BCUT2D eigenvalue weighted by Crippen LogP contribution is -2.49. The van der Waals surface area contributed by atoms with E-state index in [1.807, 2.05) is 20.8 Å². The van der Waals surface area contributed by atoms with Gasteiger partial charge >= 0.3 is 0 Å². The van der Waals surface area contributed by atoms with Crippen LogP contribution in [-0.2, 0) is 21.9 Å². The van der Waals surface area contributed by atoms with Gasteiger partial charge in [-0.1, -0.05) is 42.0 Å². The van der Waals surface area contributed by atoms with Crippen LogP contribution in [0.3, 0.4) is 0 Å². The average Bonchev–Trinajstić information content (AvgIpc) is 2.68. The van der Waals surface area contributed by atoms with Gasteiger partial charge < -0.3 is 10.2 Å². The number of thioether (sulfide) groups is 1. The van der Waals surface area contributed by atoms with Crippen LogP contribution in [0.5, 0.6) is 0 Å². The molecule has 0 unspecified atom stereocenters. The predicted molar refractivity (Wildman–Crippen MR) is 117 cm³/mol. The maximum atomic E-state index is 13.2. The molecule has 2 aromatic rings. The van der Waals surface area contributed by atoms with Gasteiger partial charge in [-0.25, -0.2) is 4.39 Å². The van der Waals surface area contributed by atoms with Crippen LogP contribution in [0, 0.1) is 12.7 Å². The maximum absolute atomic E-state index is 13.2. The third-order valence-electron chi connectivity index (χ3n) is 4.48. The van der Waals surface area contributed by atoms with E-state index < -0.39 is 6.04 Å². The van der Waals surface area contributed by atoms with Crippen LogP contribution in [0.1, 0.15) is 37.5 Å². The Labute approximate surface area is 176 Å². The minimum atomic E-state index is -0.616. The molecular formula is C23H29FN2O2S. The number of aryl methyl sites for hydroxylation is 1. The number of benzene rings is 2. The molecule has 4 nitrogen and oxygen atoms in total. The van der Waals surface area contributed by atoms with E-state index in [2.05, 4.69) is 29.6 Å². The Hall–Kier alpha value is -2.34. The number of nitrogens with zero attached hydrogens (tertiary/aromatic N) is 1. The van der Waals surface area contributed by atoms with Gasteiger partial charge in [0.1, 0.15) is 11.9 Å². The van der Waals surface area contributed by atoms with Gasteiger partial charge in [0.2, 0.25) is 11.8 Å². The fourth-order valence-electron chi connectivity index (χ4n) is 2.80. The van der Waals surface area contributed by atoms with Crippen LogP contribution in [-0.4, -0.2) is 34.6 Å². The van der Waals surface area contributed by atoms with Crippen molar-refractivity contribution in [2.24, 2.45) is 0 Å². The highest BCUT2D eigenvalue weighted by Gasteiger charge is 2.26. The van der Waals surface area contributed by atoms with E-state index in [1.165, 1.54) is 29.5 Å². The van der Waals surface area contributed by atoms with Gasteiger partial charge in [-0.2, -0.15) is 0 Å². The van der Waals surface area contributed by atoms with Gasteiger partial charge in [-0.15, -0.1) is 11.8 Å². The number of halogens is 1. The van der Waals surface area contributed by atoms with Crippen LogP contribution in [0.25, 0.3) is 0 Å². The number of nitrogens with one attached hydrogen (secondary N) is 1. The van der Waals surface area contributed by atoms with E-state index in [4.69, 9.17) is 0 Å². The number of rotatable bonds is 9. The number of carbonyl (C=O) groups is 2. The maximum Gasteiger partial charge on any atom is 0.242 e.